The molecule has 16 heteroatoms. The van der Waals surface area contributed by atoms with Gasteiger partial charge in [-0.25, -0.2) is 0 Å². The number of carbonyl (C=O) groups is 2. The average molecular weight is 602 g/mol. The summed E-state index contributed by atoms with van der Waals surface area (Å²) in [6, 6.07) is 6.56. The highest BCUT2D eigenvalue weighted by Gasteiger charge is 2.38. The number of hydrogen-bond donors (Lipinski definition) is 2. The lowest BCUT2D eigenvalue weighted by molar-refractivity contribution is -0.274. The molecule has 3 aromatic rings. The number of methoxy groups -OCH3 is 1. The second-order valence-corrected chi connectivity index (χ2v) is 8.68. The van der Waals surface area contributed by atoms with Crippen LogP contribution in [0.2, 0.25) is 0 Å². The van der Waals surface area contributed by atoms with Gasteiger partial charge in [-0.2, -0.15) is 13.2 Å². The molecule has 2 aromatic carbocycles. The van der Waals surface area contributed by atoms with E-state index in [1.54, 1.807) is 19.0 Å². The van der Waals surface area contributed by atoms with Crippen LogP contribution in [0.1, 0.15) is 26.4 Å². The summed E-state index contributed by atoms with van der Waals surface area (Å²) >= 11 is 0. The molecule has 0 saturated heterocycles. The highest BCUT2D eigenvalue weighted by atomic mass is 19.4. The Labute approximate surface area is 234 Å². The molecular formula is C26H24F6N4O6. The number of anilines is 1. The Morgan fingerprint density at radius 1 is 0.976 bits per heavy atom. The maximum atomic E-state index is 14.1. The second-order valence-electron chi connectivity index (χ2n) is 8.68. The van der Waals surface area contributed by atoms with Crippen molar-refractivity contribution in [3.63, 3.8) is 0 Å². The molecule has 3 N–H and O–H groups in total. The summed E-state index contributed by atoms with van der Waals surface area (Å²) in [6.07, 6.45) is -8.83. The number of nitrogens with zero attached hydrogens (tertiary/aromatic N) is 2. The van der Waals surface area contributed by atoms with Gasteiger partial charge in [0.15, 0.2) is 11.5 Å². The largest absolute Gasteiger partial charge is 0.573 e. The third-order valence-corrected chi connectivity index (χ3v) is 5.30. The van der Waals surface area contributed by atoms with E-state index in [-0.39, 0.29) is 36.0 Å². The van der Waals surface area contributed by atoms with E-state index in [0.717, 1.165) is 43.6 Å². The molecule has 226 valence electrons. The summed E-state index contributed by atoms with van der Waals surface area (Å²) in [4.78, 5) is 30.4. The molecule has 0 saturated carbocycles. The van der Waals surface area contributed by atoms with Crippen LogP contribution >= 0.6 is 0 Å². The number of pyridine rings is 1. The van der Waals surface area contributed by atoms with E-state index in [9.17, 15) is 35.9 Å². The summed E-state index contributed by atoms with van der Waals surface area (Å²) in [7, 11) is 4.41. The maximum absolute atomic E-state index is 14.1. The molecule has 0 fully saturated rings. The molecule has 0 bridgehead atoms. The minimum Gasteiger partial charge on any atom is -0.493 e. The number of hydrogen-bond acceptors (Lipinski definition) is 8. The smallest absolute Gasteiger partial charge is 0.493 e. The van der Waals surface area contributed by atoms with E-state index in [2.05, 4.69) is 15.0 Å². The molecule has 2 amide bonds. The number of benzene rings is 2. The minimum absolute atomic E-state index is 0.0439. The molecule has 42 heavy (non-hydrogen) atoms. The molecule has 0 radical (unpaired) electrons. The number of rotatable bonds is 11. The minimum atomic E-state index is -5.01. The first-order valence-corrected chi connectivity index (χ1v) is 11.8. The van der Waals surface area contributed by atoms with Crippen LogP contribution in [0.3, 0.4) is 0 Å². The van der Waals surface area contributed by atoms with Gasteiger partial charge in [0.25, 0.3) is 11.8 Å². The van der Waals surface area contributed by atoms with Gasteiger partial charge in [0.1, 0.15) is 35.1 Å². The predicted molar refractivity (Wildman–Crippen MR) is 136 cm³/mol. The molecule has 0 spiro atoms. The van der Waals surface area contributed by atoms with Gasteiger partial charge in [0, 0.05) is 24.5 Å². The average Bonchev–Trinajstić information content (AvgIpc) is 2.87. The Hall–Kier alpha value is -4.73. The molecule has 0 atom stereocenters. The topological polar surface area (TPSA) is 125 Å². The van der Waals surface area contributed by atoms with Crippen LogP contribution in [0.4, 0.5) is 32.0 Å². The number of amides is 2. The highest BCUT2D eigenvalue weighted by molar-refractivity contribution is 6.09. The van der Waals surface area contributed by atoms with E-state index >= 15 is 0 Å². The van der Waals surface area contributed by atoms with Gasteiger partial charge in [-0.1, -0.05) is 0 Å². The van der Waals surface area contributed by atoms with Crippen LogP contribution in [-0.2, 0) is 6.18 Å². The van der Waals surface area contributed by atoms with Crippen LogP contribution in [0.25, 0.3) is 0 Å². The Morgan fingerprint density at radius 3 is 2.26 bits per heavy atom. The molecule has 0 aliphatic rings. The number of primary amides is 1. The number of halogens is 6. The van der Waals surface area contributed by atoms with Crippen molar-refractivity contribution < 1.29 is 54.9 Å². The van der Waals surface area contributed by atoms with Crippen molar-refractivity contribution in [2.75, 3.05) is 39.7 Å². The standard InChI is InChI=1S/C26H24F6N4O6/c1-36(2)10-11-40-22-16(25(27,28)29)5-7-19(21(22)24(38)35-14-8-9-34-17(12-14)23(33)37)41-18-6-4-15(13-20(18)39-3)42-26(30,31)32/h4-9,12-13H,10-11H2,1-3H3,(H2,33,37)(H,34,35,38). The van der Waals surface area contributed by atoms with Crippen molar-refractivity contribution in [3.8, 4) is 28.7 Å². The van der Waals surface area contributed by atoms with Crippen LogP contribution in [0.15, 0.2) is 48.7 Å². The Balaban J connectivity index is 2.15. The Bertz CT molecular complexity index is 1450. The SMILES string of the molecule is COc1cc(OC(F)(F)F)ccc1Oc1ccc(C(F)(F)F)c(OCCN(C)C)c1C(=O)Nc1ccnc(C(N)=O)c1. The van der Waals surface area contributed by atoms with E-state index in [0.29, 0.717) is 6.07 Å². The summed E-state index contributed by atoms with van der Waals surface area (Å²) < 4.78 is 100. The zero-order valence-electron chi connectivity index (χ0n) is 22.2. The first kappa shape index (κ1) is 31.8. The summed E-state index contributed by atoms with van der Waals surface area (Å²) in [5.41, 5.74) is 2.92. The van der Waals surface area contributed by atoms with Gasteiger partial charge < -0.3 is 34.9 Å². The highest BCUT2D eigenvalue weighted by Crippen LogP contribution is 2.45. The van der Waals surface area contributed by atoms with E-state index in [1.807, 2.05) is 0 Å². The molecule has 0 unspecified atom stereocenters. The van der Waals surface area contributed by atoms with Crippen molar-refractivity contribution in [2.45, 2.75) is 12.5 Å². The fourth-order valence-electron chi connectivity index (χ4n) is 3.45. The molecule has 3 rings (SSSR count). The van der Waals surface area contributed by atoms with Crippen molar-refractivity contribution in [1.82, 2.24) is 9.88 Å². The maximum Gasteiger partial charge on any atom is 0.573 e. The van der Waals surface area contributed by atoms with Gasteiger partial charge in [0.05, 0.1) is 12.7 Å². The first-order chi connectivity index (χ1) is 19.6. The monoisotopic (exact) mass is 602 g/mol. The van der Waals surface area contributed by atoms with Gasteiger partial charge in [-0.3, -0.25) is 14.6 Å². The Kier molecular flexibility index (Phi) is 9.72. The fraction of sp³-hybridized carbons (Fsp3) is 0.269. The molecule has 10 nitrogen and oxygen atoms in total. The number of aromatic nitrogens is 1. The zero-order chi connectivity index (χ0) is 31.2. The van der Waals surface area contributed by atoms with Crippen molar-refractivity contribution in [3.05, 3.63) is 65.5 Å². The number of likely N-dealkylation sites (N-methyl/N-ethyl adjacent to an activating group) is 1. The molecule has 1 heterocycles. The third kappa shape index (κ3) is 8.39. The lowest BCUT2D eigenvalue weighted by Crippen LogP contribution is -2.23. The first-order valence-electron chi connectivity index (χ1n) is 11.8. The number of ether oxygens (including phenoxy) is 4. The number of carbonyl (C=O) groups excluding carboxylic acids is 2. The zero-order valence-corrected chi connectivity index (χ0v) is 22.2. The number of nitrogens with two attached hydrogens (primary N) is 1. The lowest BCUT2D eigenvalue weighted by Gasteiger charge is -2.21. The summed E-state index contributed by atoms with van der Waals surface area (Å²) in [5, 5.41) is 2.36. The Morgan fingerprint density at radius 2 is 1.67 bits per heavy atom. The van der Waals surface area contributed by atoms with Crippen LogP contribution < -0.4 is 30.0 Å². The molecule has 0 aliphatic carbocycles. The molecular weight excluding hydrogens is 578 g/mol. The molecule has 0 aliphatic heterocycles. The second kappa shape index (κ2) is 12.8. The van der Waals surface area contributed by atoms with Crippen molar-refractivity contribution in [1.29, 1.82) is 0 Å². The quantitative estimate of drug-likeness (QED) is 0.291. The fourth-order valence-corrected chi connectivity index (χ4v) is 3.45. The van der Waals surface area contributed by atoms with E-state index in [1.165, 1.54) is 6.07 Å². The van der Waals surface area contributed by atoms with E-state index in [4.69, 9.17) is 19.9 Å². The predicted octanol–water partition coefficient (Wildman–Crippen LogP) is 5.09. The number of nitrogens with one attached hydrogen (secondary N) is 1. The van der Waals surface area contributed by atoms with Gasteiger partial charge >= 0.3 is 12.5 Å². The number of alkyl halides is 6. The normalized spacial score (nSPS) is 11.7. The van der Waals surface area contributed by atoms with Gasteiger partial charge in [-0.05, 0) is 50.5 Å². The summed E-state index contributed by atoms with van der Waals surface area (Å²) in [6.45, 7) is -0.0993. The van der Waals surface area contributed by atoms with Gasteiger partial charge in [0.2, 0.25) is 0 Å². The third-order valence-electron chi connectivity index (χ3n) is 5.30. The van der Waals surface area contributed by atoms with Crippen molar-refractivity contribution in [2.24, 2.45) is 5.73 Å². The lowest BCUT2D eigenvalue weighted by atomic mass is 10.1. The van der Waals surface area contributed by atoms with Crippen molar-refractivity contribution >= 4 is 17.5 Å². The van der Waals surface area contributed by atoms with Crippen LogP contribution in [-0.4, -0.2) is 62.4 Å². The molecule has 1 aromatic heterocycles. The van der Waals surface area contributed by atoms with E-state index < -0.39 is 52.7 Å². The van der Waals surface area contributed by atoms with Crippen LogP contribution in [0, 0.1) is 0 Å². The van der Waals surface area contributed by atoms with Crippen LogP contribution in [0.5, 0.6) is 28.7 Å². The summed E-state index contributed by atoms with van der Waals surface area (Å²) in [5.74, 6) is -4.63. The van der Waals surface area contributed by atoms with Gasteiger partial charge in [-0.15, -0.1) is 13.2 Å².